The molecule has 0 aromatic heterocycles. The molecular weight excluding hydrogens is 1280 g/mol. The monoisotopic (exact) mass is 1370 g/mol. The summed E-state index contributed by atoms with van der Waals surface area (Å²) in [4.78, 5) is 104. The quantitative estimate of drug-likeness (QED) is 0.0515. The van der Waals surface area contributed by atoms with E-state index < -0.39 is 185 Å². The van der Waals surface area contributed by atoms with Gasteiger partial charge in [-0.1, -0.05) is 98.7 Å². The van der Waals surface area contributed by atoms with E-state index in [0.717, 1.165) is 18.1 Å². The molecule has 2 heterocycles. The number of rotatable bonds is 15. The number of aliphatic hydroxyl groups is 5. The van der Waals surface area contributed by atoms with Crippen molar-refractivity contribution in [1.29, 1.82) is 0 Å². The fraction of sp³-hybridized carbons (Fsp3) is 0.667. The molecule has 5 N–H and O–H groups in total. The molecule has 0 spiro atoms. The Bertz CT molecular complexity index is 3450. The number of hydrogen-bond acceptors (Lipinski definition) is 24. The van der Waals surface area contributed by atoms with Crippen LogP contribution in [0.3, 0.4) is 0 Å². The standard InChI is InChI=1S/C39H56O12Si.C33H42O12/c1-11-52(12-2,13-3)51-28-19-29-38(21-46-29,50-25(7)42)32-34(49-35(44)26-17-15-14-16-18-26)39(45)20-27(47-23(5)40)22(4)30(36(39,8)9)31(48-24(6)41)33(43)37(28,32)10;1-16-21(42-17(2)34)14-33(40)28(44-29(39)20-11-9-8-10-12-20)26-31(7,22(37)13-23-32(26,15-41-23)45-19(4)36)27(38)25(43-18(3)35)24(16)30(33,5)6/h14-18,27-29,31-34,43,45H,11-13,19-21H2,1-10H3;8-12,21-23,25-28,37-38,40H,13-15H2,1-7H3/t27-,28-,29+,31+,32-,33-,34-,37+,38-,39+;21-,22-,23+,25+,26-,27-,28-,31+,32-,33+/m00/s1. The zero-order valence-electron chi connectivity index (χ0n) is 58.7. The molecule has 0 radical (unpaired) electrons. The first-order chi connectivity index (χ1) is 45.2. The van der Waals surface area contributed by atoms with E-state index in [0.29, 0.717) is 16.7 Å². The Morgan fingerprint density at radius 1 is 0.495 bits per heavy atom. The zero-order valence-corrected chi connectivity index (χ0v) is 59.7. The SMILES string of the molecule is CC(=O)O[C@H]1C[C@@]2(O)[C@@H](OC(=O)c3ccccc3)[C@@H]3[C@]4(OC(C)=O)CO[C@@H]4C[C@H](O)[C@@]3(C)[C@@H](O)[C@H](OC(C)=O)C(=C1C)C2(C)C.CC[Si](CC)(CC)O[C@H]1C[C@H]2OC[C@@]2(OC(C)=O)[C@H]2[C@H](OC(=O)c3ccccc3)[C@]3(O)C[C@H](OC(C)=O)C(C)=C([C@@H](OC(C)=O)[C@H](O)[C@]12C)C3(C)C. The van der Waals surface area contributed by atoms with Crippen molar-refractivity contribution in [2.24, 2.45) is 33.5 Å². The van der Waals surface area contributed by atoms with Crippen molar-refractivity contribution in [3.8, 4) is 0 Å². The highest BCUT2D eigenvalue weighted by atomic mass is 28.4. The van der Waals surface area contributed by atoms with E-state index in [1.165, 1.54) is 53.7 Å². The molecule has 6 aliphatic carbocycles. The summed E-state index contributed by atoms with van der Waals surface area (Å²) >= 11 is 0. The molecule has 10 rings (SSSR count). The van der Waals surface area contributed by atoms with Crippen molar-refractivity contribution in [2.75, 3.05) is 13.2 Å². The van der Waals surface area contributed by atoms with Gasteiger partial charge in [-0.15, -0.1) is 0 Å². The van der Waals surface area contributed by atoms with E-state index in [2.05, 4.69) is 20.8 Å². The third-order valence-electron chi connectivity index (χ3n) is 23.7. The summed E-state index contributed by atoms with van der Waals surface area (Å²) < 4.78 is 67.9. The van der Waals surface area contributed by atoms with Gasteiger partial charge in [-0.3, -0.25) is 28.8 Å². The van der Waals surface area contributed by atoms with Crippen LogP contribution in [0.25, 0.3) is 0 Å². The number of benzene rings is 2. The van der Waals surface area contributed by atoms with E-state index in [1.54, 1.807) is 104 Å². The lowest BCUT2D eigenvalue weighted by molar-refractivity contribution is -0.365. The van der Waals surface area contributed by atoms with E-state index in [1.807, 2.05) is 0 Å². The average molecular weight is 1380 g/mol. The van der Waals surface area contributed by atoms with Gasteiger partial charge >= 0.3 is 47.8 Å². The summed E-state index contributed by atoms with van der Waals surface area (Å²) in [5.41, 5.74) is -11.4. The highest BCUT2D eigenvalue weighted by molar-refractivity contribution is 6.73. The van der Waals surface area contributed by atoms with Gasteiger partial charge in [-0.25, -0.2) is 9.59 Å². The minimum atomic E-state index is -2.47. The number of fused-ring (bicyclic) bond motifs is 10. The van der Waals surface area contributed by atoms with Gasteiger partial charge in [0.1, 0.15) is 60.0 Å². The highest BCUT2D eigenvalue weighted by Gasteiger charge is 2.81. The van der Waals surface area contributed by atoms with Gasteiger partial charge in [-0.05, 0) is 78.5 Å². The fourth-order valence-electron chi connectivity index (χ4n) is 18.4. The molecule has 97 heavy (non-hydrogen) atoms. The molecule has 4 saturated carbocycles. The van der Waals surface area contributed by atoms with Crippen LogP contribution in [0.2, 0.25) is 18.1 Å². The molecule has 0 amide bonds. The molecule has 25 heteroatoms. The number of aliphatic hydroxyl groups excluding tert-OH is 3. The van der Waals surface area contributed by atoms with E-state index in [9.17, 15) is 63.9 Å². The fourth-order valence-corrected chi connectivity index (χ4v) is 21.3. The summed E-state index contributed by atoms with van der Waals surface area (Å²) in [7, 11) is -2.47. The Hall–Kier alpha value is -6.42. The van der Waals surface area contributed by atoms with Gasteiger partial charge in [-0.2, -0.15) is 0 Å². The van der Waals surface area contributed by atoms with Crippen molar-refractivity contribution >= 4 is 56.1 Å². The summed E-state index contributed by atoms with van der Waals surface area (Å²) in [5, 5.41) is 64.1. The predicted molar refractivity (Wildman–Crippen MR) is 347 cm³/mol. The second kappa shape index (κ2) is 26.9. The lowest BCUT2D eigenvalue weighted by Gasteiger charge is -2.70. The number of hydrogen-bond donors (Lipinski definition) is 5. The molecule has 2 saturated heterocycles. The Morgan fingerprint density at radius 2 is 0.845 bits per heavy atom. The Balaban J connectivity index is 0.000000230. The second-order valence-electron chi connectivity index (χ2n) is 29.5. The van der Waals surface area contributed by atoms with Gasteiger partial charge in [0.25, 0.3) is 0 Å². The van der Waals surface area contributed by atoms with E-state index in [4.69, 9.17) is 51.8 Å². The minimum Gasteiger partial charge on any atom is -0.458 e. The van der Waals surface area contributed by atoms with Gasteiger partial charge in [0.2, 0.25) is 0 Å². The molecule has 6 fully saturated rings. The minimum absolute atomic E-state index is 0.0700. The Labute approximate surface area is 567 Å². The molecule has 2 aromatic rings. The molecule has 24 nitrogen and oxygen atoms in total. The number of carbonyl (C=O) groups excluding carboxylic acids is 8. The third-order valence-corrected chi connectivity index (χ3v) is 28.4. The number of ether oxygens (including phenoxy) is 10. The maximum Gasteiger partial charge on any atom is 0.338 e. The molecule has 4 bridgehead atoms. The maximum absolute atomic E-state index is 14.3. The Kier molecular flexibility index (Phi) is 20.8. The van der Waals surface area contributed by atoms with Gasteiger partial charge in [0.15, 0.2) is 31.7 Å². The summed E-state index contributed by atoms with van der Waals surface area (Å²) in [6, 6.07) is 18.8. The van der Waals surface area contributed by atoms with Crippen LogP contribution >= 0.6 is 0 Å². The van der Waals surface area contributed by atoms with Crippen LogP contribution in [0.4, 0.5) is 0 Å². The number of carbonyl (C=O) groups is 8. The van der Waals surface area contributed by atoms with Gasteiger partial charge < -0.3 is 77.3 Å². The van der Waals surface area contributed by atoms with Crippen molar-refractivity contribution in [3.63, 3.8) is 0 Å². The van der Waals surface area contributed by atoms with Crippen molar-refractivity contribution in [1.82, 2.24) is 0 Å². The Morgan fingerprint density at radius 3 is 1.18 bits per heavy atom. The highest BCUT2D eigenvalue weighted by Crippen LogP contribution is 2.68. The molecule has 2 aromatic carbocycles. The van der Waals surface area contributed by atoms with Crippen LogP contribution in [-0.4, -0.2) is 190 Å². The van der Waals surface area contributed by atoms with Crippen LogP contribution in [-0.2, 0) is 80.6 Å². The first-order valence-electron chi connectivity index (χ1n) is 33.6. The lowest BCUT2D eigenvalue weighted by atomic mass is 9.44. The van der Waals surface area contributed by atoms with Crippen LogP contribution in [0.15, 0.2) is 83.0 Å². The van der Waals surface area contributed by atoms with Crippen molar-refractivity contribution < 1.29 is 116 Å². The molecule has 0 unspecified atom stereocenters. The molecular formula is C72H98O24Si. The molecule has 20 atom stereocenters. The predicted octanol–water partition coefficient (Wildman–Crippen LogP) is 7.06. The second-order valence-corrected chi connectivity index (χ2v) is 34.2. The maximum atomic E-state index is 14.3. The first kappa shape index (κ1) is 74.8. The smallest absolute Gasteiger partial charge is 0.338 e. The molecule has 2 aliphatic heterocycles. The summed E-state index contributed by atoms with van der Waals surface area (Å²) in [5.74, 6) is -8.06. The third kappa shape index (κ3) is 12.2. The van der Waals surface area contributed by atoms with Crippen LogP contribution in [0.1, 0.15) is 164 Å². The van der Waals surface area contributed by atoms with E-state index >= 15 is 0 Å². The van der Waals surface area contributed by atoms with Crippen LogP contribution in [0.5, 0.6) is 0 Å². The molecule has 534 valence electrons. The van der Waals surface area contributed by atoms with Crippen LogP contribution in [0, 0.1) is 33.5 Å². The van der Waals surface area contributed by atoms with Crippen molar-refractivity contribution in [3.05, 3.63) is 94.1 Å². The van der Waals surface area contributed by atoms with Gasteiger partial charge in [0.05, 0.1) is 48.4 Å². The normalized spacial score (nSPS) is 38.1. The topological polar surface area (TPSA) is 339 Å². The zero-order chi connectivity index (χ0) is 71.9. The summed E-state index contributed by atoms with van der Waals surface area (Å²) in [6.45, 7) is 26.9. The summed E-state index contributed by atoms with van der Waals surface area (Å²) in [6.07, 6.45) is -15.4. The number of esters is 8. The average Bonchev–Trinajstić information content (AvgIpc) is 0.675. The largest absolute Gasteiger partial charge is 0.458 e. The van der Waals surface area contributed by atoms with Crippen molar-refractivity contribution in [2.45, 2.75) is 257 Å². The molecule has 8 aliphatic rings. The van der Waals surface area contributed by atoms with E-state index in [-0.39, 0.29) is 55.6 Å². The van der Waals surface area contributed by atoms with Crippen LogP contribution < -0.4 is 0 Å². The van der Waals surface area contributed by atoms with Gasteiger partial charge in [0, 0.05) is 88.9 Å². The lowest BCUT2D eigenvalue weighted by Crippen LogP contribution is -2.83. The first-order valence-corrected chi connectivity index (χ1v) is 36.1.